The van der Waals surface area contributed by atoms with Crippen LogP contribution in [0.3, 0.4) is 0 Å². The maximum atomic E-state index is 10.9. The summed E-state index contributed by atoms with van der Waals surface area (Å²) in [6.07, 6.45) is 4.55. The minimum Gasteiger partial charge on any atom is -0.465 e. The van der Waals surface area contributed by atoms with E-state index in [1.807, 2.05) is 10.9 Å². The second-order valence-corrected chi connectivity index (χ2v) is 7.74. The third-order valence-electron chi connectivity index (χ3n) is 5.64. The molecule has 1 aromatic carbocycles. The van der Waals surface area contributed by atoms with E-state index in [2.05, 4.69) is 51.8 Å². The van der Waals surface area contributed by atoms with Crippen molar-refractivity contribution < 1.29 is 9.90 Å². The van der Waals surface area contributed by atoms with Crippen LogP contribution in [0.2, 0.25) is 0 Å². The molecule has 1 amide bonds. The molecule has 1 aliphatic carbocycles. The van der Waals surface area contributed by atoms with E-state index in [1.165, 1.54) is 5.56 Å². The van der Waals surface area contributed by atoms with Gasteiger partial charge in [0.2, 0.25) is 5.95 Å². The third kappa shape index (κ3) is 4.16. The average molecular weight is 394 g/mol. The van der Waals surface area contributed by atoms with Gasteiger partial charge < -0.3 is 15.7 Å². The zero-order valence-corrected chi connectivity index (χ0v) is 16.7. The van der Waals surface area contributed by atoms with Gasteiger partial charge in [-0.15, -0.1) is 0 Å². The largest absolute Gasteiger partial charge is 0.465 e. The Kier molecular flexibility index (Phi) is 5.33. The number of nitrogens with one attached hydrogen (secondary N) is 2. The Morgan fingerprint density at radius 1 is 1.21 bits per heavy atom. The standard InChI is InChI=1S/C21H26N6O2/c1-13-3-7-15(8-4-13)18-17-11-23-20(22-2)25-19(17)27(26-18)12-14-5-9-16(10-6-14)24-21(28)29/h3-4,7-8,11,14,16,24H,5-6,9-10,12H2,1-2H3,(H,28,29)(H,22,23,25). The van der Waals surface area contributed by atoms with Crippen molar-refractivity contribution >= 4 is 23.1 Å². The molecule has 2 heterocycles. The van der Waals surface area contributed by atoms with Gasteiger partial charge in [0.05, 0.1) is 5.39 Å². The third-order valence-corrected chi connectivity index (χ3v) is 5.64. The van der Waals surface area contributed by atoms with E-state index < -0.39 is 6.09 Å². The normalized spacial score (nSPS) is 19.2. The number of rotatable bonds is 5. The highest BCUT2D eigenvalue weighted by atomic mass is 16.4. The summed E-state index contributed by atoms with van der Waals surface area (Å²) >= 11 is 0. The highest BCUT2D eigenvalue weighted by Gasteiger charge is 2.24. The van der Waals surface area contributed by atoms with Gasteiger partial charge in [-0.25, -0.2) is 14.5 Å². The molecule has 0 bridgehead atoms. The number of nitrogens with zero attached hydrogens (tertiary/aromatic N) is 4. The highest BCUT2D eigenvalue weighted by molar-refractivity contribution is 5.91. The molecule has 0 spiro atoms. The number of carboxylic acid groups (broad SMARTS) is 1. The first-order chi connectivity index (χ1) is 14.0. The molecule has 1 saturated carbocycles. The van der Waals surface area contributed by atoms with E-state index >= 15 is 0 Å². The molecule has 8 nitrogen and oxygen atoms in total. The predicted octanol–water partition coefficient (Wildman–Crippen LogP) is 3.67. The molecule has 1 fully saturated rings. The van der Waals surface area contributed by atoms with Gasteiger partial charge in [-0.2, -0.15) is 10.1 Å². The van der Waals surface area contributed by atoms with E-state index in [0.29, 0.717) is 11.9 Å². The number of hydrogen-bond donors (Lipinski definition) is 3. The van der Waals surface area contributed by atoms with Gasteiger partial charge in [0.1, 0.15) is 5.69 Å². The smallest absolute Gasteiger partial charge is 0.404 e. The molecule has 0 atom stereocenters. The molecule has 0 unspecified atom stereocenters. The second-order valence-electron chi connectivity index (χ2n) is 7.74. The van der Waals surface area contributed by atoms with Crippen molar-refractivity contribution in [2.45, 2.75) is 45.2 Å². The minimum absolute atomic E-state index is 0.0550. The molecule has 2 aromatic heterocycles. The van der Waals surface area contributed by atoms with Gasteiger partial charge >= 0.3 is 6.09 Å². The molecule has 1 aliphatic rings. The lowest BCUT2D eigenvalue weighted by atomic mass is 9.86. The van der Waals surface area contributed by atoms with Crippen molar-refractivity contribution in [2.75, 3.05) is 12.4 Å². The Bertz CT molecular complexity index is 1010. The maximum Gasteiger partial charge on any atom is 0.404 e. The molecule has 4 rings (SSSR count). The minimum atomic E-state index is -0.939. The fraction of sp³-hybridized carbons (Fsp3) is 0.429. The van der Waals surface area contributed by atoms with E-state index in [0.717, 1.165) is 54.5 Å². The number of aromatic nitrogens is 4. The Morgan fingerprint density at radius 2 is 1.93 bits per heavy atom. The summed E-state index contributed by atoms with van der Waals surface area (Å²) in [4.78, 5) is 19.9. The zero-order valence-electron chi connectivity index (χ0n) is 16.7. The van der Waals surface area contributed by atoms with Crippen LogP contribution >= 0.6 is 0 Å². The number of aryl methyl sites for hydroxylation is 1. The summed E-state index contributed by atoms with van der Waals surface area (Å²) < 4.78 is 1.99. The molecule has 152 valence electrons. The number of carbonyl (C=O) groups is 1. The molecule has 0 saturated heterocycles. The Morgan fingerprint density at radius 3 is 2.59 bits per heavy atom. The van der Waals surface area contributed by atoms with Gasteiger partial charge in [0.15, 0.2) is 5.65 Å². The van der Waals surface area contributed by atoms with E-state index in [-0.39, 0.29) is 6.04 Å². The maximum absolute atomic E-state index is 10.9. The summed E-state index contributed by atoms with van der Waals surface area (Å²) in [7, 11) is 1.81. The van der Waals surface area contributed by atoms with Gasteiger partial charge in [-0.05, 0) is 38.5 Å². The fourth-order valence-electron chi connectivity index (χ4n) is 4.04. The summed E-state index contributed by atoms with van der Waals surface area (Å²) in [5.41, 5.74) is 3.97. The fourth-order valence-corrected chi connectivity index (χ4v) is 4.04. The lowest BCUT2D eigenvalue weighted by Crippen LogP contribution is -2.37. The van der Waals surface area contributed by atoms with E-state index in [4.69, 9.17) is 10.2 Å². The van der Waals surface area contributed by atoms with E-state index in [9.17, 15) is 4.79 Å². The summed E-state index contributed by atoms with van der Waals surface area (Å²) in [6, 6.07) is 8.38. The monoisotopic (exact) mass is 394 g/mol. The topological polar surface area (TPSA) is 105 Å². The first-order valence-corrected chi connectivity index (χ1v) is 10.0. The van der Waals surface area contributed by atoms with Gasteiger partial charge in [-0.3, -0.25) is 0 Å². The lowest BCUT2D eigenvalue weighted by molar-refractivity contribution is 0.180. The van der Waals surface area contributed by atoms with Crippen LogP contribution in [-0.2, 0) is 6.54 Å². The Labute approximate surface area is 169 Å². The van der Waals surface area contributed by atoms with Crippen LogP contribution in [0.1, 0.15) is 31.2 Å². The quantitative estimate of drug-likeness (QED) is 0.610. The first kappa shape index (κ1) is 19.2. The van der Waals surface area contributed by atoms with Crippen molar-refractivity contribution in [2.24, 2.45) is 5.92 Å². The Balaban J connectivity index is 1.62. The van der Waals surface area contributed by atoms with Gasteiger partial charge in [-0.1, -0.05) is 29.8 Å². The molecule has 0 aliphatic heterocycles. The predicted molar refractivity (Wildman–Crippen MR) is 112 cm³/mol. The molecule has 8 heteroatoms. The van der Waals surface area contributed by atoms with Crippen molar-refractivity contribution in [1.82, 2.24) is 25.1 Å². The molecule has 3 aromatic rings. The zero-order chi connectivity index (χ0) is 20.4. The molecular weight excluding hydrogens is 368 g/mol. The first-order valence-electron chi connectivity index (χ1n) is 10.0. The number of benzene rings is 1. The number of fused-ring (bicyclic) bond motifs is 1. The second kappa shape index (κ2) is 8.06. The van der Waals surface area contributed by atoms with Crippen LogP contribution in [-0.4, -0.2) is 44.0 Å². The van der Waals surface area contributed by atoms with Crippen molar-refractivity contribution in [3.63, 3.8) is 0 Å². The van der Waals surface area contributed by atoms with E-state index in [1.54, 1.807) is 7.05 Å². The number of hydrogen-bond acceptors (Lipinski definition) is 5. The van der Waals surface area contributed by atoms with Crippen molar-refractivity contribution in [3.8, 4) is 11.3 Å². The van der Waals surface area contributed by atoms with Gasteiger partial charge in [0, 0.05) is 31.4 Å². The Hall–Kier alpha value is -3.16. The summed E-state index contributed by atoms with van der Waals surface area (Å²) in [5, 5.41) is 20.4. The molecule has 3 N–H and O–H groups in total. The SMILES string of the molecule is CNc1ncc2c(-c3ccc(C)cc3)nn(CC3CCC(NC(=O)O)CC3)c2n1. The summed E-state index contributed by atoms with van der Waals surface area (Å²) in [5.74, 6) is 1.02. The highest BCUT2D eigenvalue weighted by Crippen LogP contribution is 2.30. The summed E-state index contributed by atoms with van der Waals surface area (Å²) in [6.45, 7) is 2.83. The van der Waals surface area contributed by atoms with Crippen LogP contribution in [0.15, 0.2) is 30.5 Å². The van der Waals surface area contributed by atoms with Crippen molar-refractivity contribution in [3.05, 3.63) is 36.0 Å². The number of anilines is 1. The number of amides is 1. The van der Waals surface area contributed by atoms with Crippen LogP contribution in [0.5, 0.6) is 0 Å². The van der Waals surface area contributed by atoms with Crippen LogP contribution in [0, 0.1) is 12.8 Å². The molecule has 29 heavy (non-hydrogen) atoms. The molecular formula is C21H26N6O2. The van der Waals surface area contributed by atoms with Crippen LogP contribution < -0.4 is 10.6 Å². The van der Waals surface area contributed by atoms with Crippen molar-refractivity contribution in [1.29, 1.82) is 0 Å². The van der Waals surface area contributed by atoms with Gasteiger partial charge in [0.25, 0.3) is 0 Å². The van der Waals surface area contributed by atoms with Crippen LogP contribution in [0.4, 0.5) is 10.7 Å². The average Bonchev–Trinajstić information content (AvgIpc) is 3.07. The van der Waals surface area contributed by atoms with Crippen LogP contribution in [0.25, 0.3) is 22.3 Å². The lowest BCUT2D eigenvalue weighted by Gasteiger charge is -2.28. The molecule has 0 radical (unpaired) electrons.